The molecule has 1 aromatic carbocycles. The topological polar surface area (TPSA) is 121 Å². The monoisotopic (exact) mass is 316 g/mol. The van der Waals surface area contributed by atoms with Crippen LogP contribution in [0.2, 0.25) is 0 Å². The number of carbonyl (C=O) groups excluding carboxylic acids is 1. The van der Waals surface area contributed by atoms with Gasteiger partial charge in [0.2, 0.25) is 5.69 Å². The number of nitrogens with zero attached hydrogens (tertiary/aromatic N) is 2. The lowest BCUT2D eigenvalue weighted by atomic mass is 10.0. The molecule has 2 aromatic rings. The van der Waals surface area contributed by atoms with Gasteiger partial charge in [0.1, 0.15) is 5.69 Å². The number of amides is 1. The maximum Gasteiger partial charge on any atom is 0.322 e. The molecule has 0 radical (unpaired) electrons. The molecule has 0 saturated heterocycles. The Hall–Kier alpha value is -2.74. The predicted octanol–water partition coefficient (Wildman–Crippen LogP) is 0.886. The smallest absolute Gasteiger partial charge is 0.322 e. The molecule has 120 valence electrons. The predicted molar refractivity (Wildman–Crippen MR) is 81.1 cm³/mol. The summed E-state index contributed by atoms with van der Waals surface area (Å²) in [5.74, 6) is -0.676. The van der Waals surface area contributed by atoms with Crippen LogP contribution in [0.25, 0.3) is 0 Å². The van der Waals surface area contributed by atoms with Gasteiger partial charge in [-0.1, -0.05) is 24.3 Å². The van der Waals surface area contributed by atoms with Crippen LogP contribution in [0.3, 0.4) is 0 Å². The third kappa shape index (κ3) is 2.80. The number of aromatic amines is 1. The van der Waals surface area contributed by atoms with Crippen LogP contribution in [0.15, 0.2) is 24.3 Å². The van der Waals surface area contributed by atoms with E-state index in [2.05, 4.69) is 15.5 Å². The van der Waals surface area contributed by atoms with Crippen LogP contribution < -0.4 is 5.32 Å². The van der Waals surface area contributed by atoms with Gasteiger partial charge >= 0.3 is 5.69 Å². The summed E-state index contributed by atoms with van der Waals surface area (Å²) in [5, 5.41) is 30.3. The van der Waals surface area contributed by atoms with Gasteiger partial charge in [-0.15, -0.1) is 0 Å². The van der Waals surface area contributed by atoms with Crippen molar-refractivity contribution in [3.05, 3.63) is 56.9 Å². The van der Waals surface area contributed by atoms with Gasteiger partial charge in [-0.25, -0.2) is 0 Å². The van der Waals surface area contributed by atoms with E-state index in [0.717, 1.165) is 11.1 Å². The summed E-state index contributed by atoms with van der Waals surface area (Å²) in [6, 6.07) is 7.69. The van der Waals surface area contributed by atoms with Crippen molar-refractivity contribution in [2.45, 2.75) is 25.4 Å². The van der Waals surface area contributed by atoms with Crippen molar-refractivity contribution in [2.24, 2.45) is 0 Å². The van der Waals surface area contributed by atoms with E-state index in [1.54, 1.807) is 0 Å². The molecule has 0 bridgehead atoms. The molecule has 0 aliphatic heterocycles. The second-order valence-electron chi connectivity index (χ2n) is 5.83. The van der Waals surface area contributed by atoms with E-state index >= 15 is 0 Å². The van der Waals surface area contributed by atoms with Crippen molar-refractivity contribution in [1.29, 1.82) is 0 Å². The summed E-state index contributed by atoms with van der Waals surface area (Å²) in [7, 11) is 0. The van der Waals surface area contributed by atoms with Crippen LogP contribution >= 0.6 is 0 Å². The number of aliphatic hydroxyl groups is 1. The molecule has 8 nitrogen and oxygen atoms in total. The standard InChI is InChI=1S/C15H16N4O4/c1-9-13(19(22)23)12(18-17-9)14(20)16-8-15(21)6-10-4-2-3-5-11(10)7-15/h2-5,21H,6-8H2,1H3,(H,16,20)(H,17,18). The SMILES string of the molecule is Cc1[nH]nc(C(=O)NCC2(O)Cc3ccccc3C2)c1[N+](=O)[O-]. The summed E-state index contributed by atoms with van der Waals surface area (Å²) < 4.78 is 0. The van der Waals surface area contributed by atoms with Crippen molar-refractivity contribution in [1.82, 2.24) is 15.5 Å². The summed E-state index contributed by atoms with van der Waals surface area (Å²) in [6.07, 6.45) is 0.871. The normalized spacial score (nSPS) is 15.2. The first kappa shape index (κ1) is 15.2. The third-order valence-corrected chi connectivity index (χ3v) is 4.05. The van der Waals surface area contributed by atoms with E-state index in [4.69, 9.17) is 0 Å². The molecule has 0 saturated carbocycles. The molecule has 0 unspecified atom stereocenters. The molecule has 1 aliphatic carbocycles. The van der Waals surface area contributed by atoms with Crippen molar-refractivity contribution in [3.63, 3.8) is 0 Å². The largest absolute Gasteiger partial charge is 0.387 e. The number of fused-ring (bicyclic) bond motifs is 1. The number of rotatable bonds is 4. The number of aryl methyl sites for hydroxylation is 1. The number of carbonyl (C=O) groups is 1. The molecular weight excluding hydrogens is 300 g/mol. The van der Waals surface area contributed by atoms with Crippen LogP contribution in [-0.4, -0.2) is 38.3 Å². The highest BCUT2D eigenvalue weighted by atomic mass is 16.6. The van der Waals surface area contributed by atoms with Gasteiger partial charge in [-0.3, -0.25) is 20.0 Å². The van der Waals surface area contributed by atoms with Crippen molar-refractivity contribution in [3.8, 4) is 0 Å². The lowest BCUT2D eigenvalue weighted by Gasteiger charge is -2.22. The highest BCUT2D eigenvalue weighted by Gasteiger charge is 2.36. The number of hydrogen-bond acceptors (Lipinski definition) is 5. The number of aromatic nitrogens is 2. The molecule has 0 fully saturated rings. The van der Waals surface area contributed by atoms with Crippen LogP contribution in [-0.2, 0) is 12.8 Å². The fourth-order valence-electron chi connectivity index (χ4n) is 2.93. The average molecular weight is 316 g/mol. The quantitative estimate of drug-likeness (QED) is 0.571. The van der Waals surface area contributed by atoms with E-state index in [9.17, 15) is 20.0 Å². The van der Waals surface area contributed by atoms with E-state index in [1.165, 1.54) is 6.92 Å². The molecule has 8 heteroatoms. The van der Waals surface area contributed by atoms with Gasteiger partial charge in [0.05, 0.1) is 10.5 Å². The summed E-state index contributed by atoms with van der Waals surface area (Å²) in [6.45, 7) is 1.48. The fraction of sp³-hybridized carbons (Fsp3) is 0.333. The maximum atomic E-state index is 12.1. The zero-order valence-corrected chi connectivity index (χ0v) is 12.5. The van der Waals surface area contributed by atoms with Gasteiger partial charge in [-0.2, -0.15) is 5.10 Å². The molecular formula is C15H16N4O4. The number of nitro groups is 1. The van der Waals surface area contributed by atoms with E-state index in [0.29, 0.717) is 12.8 Å². The first-order chi connectivity index (χ1) is 10.9. The lowest BCUT2D eigenvalue weighted by molar-refractivity contribution is -0.385. The minimum Gasteiger partial charge on any atom is -0.387 e. The Bertz CT molecular complexity index is 759. The molecule has 3 N–H and O–H groups in total. The Morgan fingerprint density at radius 3 is 2.61 bits per heavy atom. The highest BCUT2D eigenvalue weighted by Crippen LogP contribution is 2.29. The van der Waals surface area contributed by atoms with Gasteiger partial charge < -0.3 is 10.4 Å². The van der Waals surface area contributed by atoms with Crippen molar-refractivity contribution in [2.75, 3.05) is 6.54 Å². The first-order valence-corrected chi connectivity index (χ1v) is 7.16. The summed E-state index contributed by atoms with van der Waals surface area (Å²) in [5.41, 5.74) is 0.610. The van der Waals surface area contributed by atoms with E-state index in [1.807, 2.05) is 24.3 Å². The highest BCUT2D eigenvalue weighted by molar-refractivity contribution is 5.96. The molecule has 1 aromatic heterocycles. The Kier molecular flexibility index (Phi) is 3.61. The zero-order valence-electron chi connectivity index (χ0n) is 12.5. The number of benzene rings is 1. The van der Waals surface area contributed by atoms with Gasteiger partial charge in [-0.05, 0) is 18.1 Å². The molecule has 3 rings (SSSR count). The average Bonchev–Trinajstić information content (AvgIpc) is 3.04. The molecule has 23 heavy (non-hydrogen) atoms. The van der Waals surface area contributed by atoms with Crippen LogP contribution in [0, 0.1) is 17.0 Å². The molecule has 1 aliphatic rings. The van der Waals surface area contributed by atoms with E-state index < -0.39 is 16.4 Å². The minimum absolute atomic E-state index is 0.00355. The second-order valence-corrected chi connectivity index (χ2v) is 5.83. The van der Waals surface area contributed by atoms with Gasteiger partial charge in [0.25, 0.3) is 5.91 Å². The molecule has 1 heterocycles. The number of nitrogens with one attached hydrogen (secondary N) is 2. The third-order valence-electron chi connectivity index (χ3n) is 4.05. The molecule has 0 atom stereocenters. The van der Waals surface area contributed by atoms with Crippen molar-refractivity contribution < 1.29 is 14.8 Å². The van der Waals surface area contributed by atoms with Crippen molar-refractivity contribution >= 4 is 11.6 Å². The molecule has 0 spiro atoms. The number of hydrogen-bond donors (Lipinski definition) is 3. The Labute approximate surface area is 131 Å². The van der Waals surface area contributed by atoms with Gasteiger partial charge in [0.15, 0.2) is 0 Å². The summed E-state index contributed by atoms with van der Waals surface area (Å²) >= 11 is 0. The zero-order chi connectivity index (χ0) is 16.6. The van der Waals surface area contributed by atoms with Crippen LogP contribution in [0.4, 0.5) is 5.69 Å². The second kappa shape index (κ2) is 5.47. The fourth-order valence-corrected chi connectivity index (χ4v) is 2.93. The molecule has 1 amide bonds. The maximum absolute atomic E-state index is 12.1. The minimum atomic E-state index is -1.08. The Morgan fingerprint density at radius 2 is 2.04 bits per heavy atom. The Morgan fingerprint density at radius 1 is 1.43 bits per heavy atom. The van der Waals surface area contributed by atoms with Crippen LogP contribution in [0.1, 0.15) is 27.3 Å². The van der Waals surface area contributed by atoms with Gasteiger partial charge in [0, 0.05) is 19.4 Å². The summed E-state index contributed by atoms with van der Waals surface area (Å²) in [4.78, 5) is 22.5. The Balaban J connectivity index is 1.70. The lowest BCUT2D eigenvalue weighted by Crippen LogP contribution is -2.43. The van der Waals surface area contributed by atoms with Crippen LogP contribution in [0.5, 0.6) is 0 Å². The van der Waals surface area contributed by atoms with E-state index in [-0.39, 0.29) is 23.6 Å². The number of H-pyrrole nitrogens is 1. The first-order valence-electron chi connectivity index (χ1n) is 7.16.